The van der Waals surface area contributed by atoms with Gasteiger partial charge in [-0.1, -0.05) is 12.1 Å². The topological polar surface area (TPSA) is 66.3 Å². The van der Waals surface area contributed by atoms with Gasteiger partial charge < -0.3 is 14.3 Å². The molecule has 1 aromatic carbocycles. The number of aromatic amines is 1. The van der Waals surface area contributed by atoms with Gasteiger partial charge in [0.2, 0.25) is 0 Å². The fraction of sp³-hybridized carbons (Fsp3) is 0.250. The van der Waals surface area contributed by atoms with Crippen molar-refractivity contribution in [1.29, 1.82) is 0 Å². The van der Waals surface area contributed by atoms with Gasteiger partial charge in [-0.3, -0.25) is 4.79 Å². The molecule has 0 radical (unpaired) electrons. The summed E-state index contributed by atoms with van der Waals surface area (Å²) < 4.78 is 1.88. The summed E-state index contributed by atoms with van der Waals surface area (Å²) in [5.74, 6) is 0.895. The first-order valence-electron chi connectivity index (χ1n) is 8.74. The van der Waals surface area contributed by atoms with Crippen molar-refractivity contribution in [2.24, 2.45) is 0 Å². The fourth-order valence-electron chi connectivity index (χ4n) is 3.09. The highest BCUT2D eigenvalue weighted by molar-refractivity contribution is 5.92. The second-order valence-electron chi connectivity index (χ2n) is 6.63. The molecule has 0 saturated carbocycles. The van der Waals surface area contributed by atoms with E-state index in [1.807, 2.05) is 61.0 Å². The van der Waals surface area contributed by atoms with E-state index in [0.717, 1.165) is 40.9 Å². The maximum atomic E-state index is 12.6. The number of carbonyl (C=O) groups excluding carboxylic acids is 1. The van der Waals surface area contributed by atoms with Crippen LogP contribution in [0.1, 0.15) is 28.3 Å². The number of fused-ring (bicyclic) bond motifs is 2. The molecule has 1 amide bonds. The van der Waals surface area contributed by atoms with Crippen molar-refractivity contribution in [3.05, 3.63) is 65.9 Å². The molecule has 0 unspecified atom stereocenters. The number of aryl methyl sites for hydroxylation is 2. The Bertz CT molecular complexity index is 1050. The summed E-state index contributed by atoms with van der Waals surface area (Å²) in [4.78, 5) is 26.7. The van der Waals surface area contributed by atoms with Crippen LogP contribution in [0.5, 0.6) is 0 Å². The van der Waals surface area contributed by atoms with Gasteiger partial charge in [0.15, 0.2) is 0 Å². The van der Waals surface area contributed by atoms with E-state index in [2.05, 4.69) is 15.0 Å². The third-order valence-electron chi connectivity index (χ3n) is 4.53. The molecule has 0 aliphatic heterocycles. The summed E-state index contributed by atoms with van der Waals surface area (Å²) in [5.41, 5.74) is 4.42. The number of benzene rings is 1. The minimum atomic E-state index is -0.0593. The van der Waals surface area contributed by atoms with E-state index in [-0.39, 0.29) is 5.91 Å². The Morgan fingerprint density at radius 1 is 1.23 bits per heavy atom. The van der Waals surface area contributed by atoms with Crippen molar-refractivity contribution in [1.82, 2.24) is 24.3 Å². The van der Waals surface area contributed by atoms with Crippen molar-refractivity contribution in [3.8, 4) is 0 Å². The molecule has 6 nitrogen and oxygen atoms in total. The maximum absolute atomic E-state index is 12.6. The molecule has 0 bridgehead atoms. The van der Waals surface area contributed by atoms with Crippen LogP contribution in [0.2, 0.25) is 0 Å². The molecule has 132 valence electrons. The van der Waals surface area contributed by atoms with Crippen LogP contribution >= 0.6 is 0 Å². The first-order chi connectivity index (χ1) is 12.6. The summed E-state index contributed by atoms with van der Waals surface area (Å²) in [7, 11) is 1.82. The Morgan fingerprint density at radius 2 is 2.08 bits per heavy atom. The number of carbonyl (C=O) groups is 1. The number of imidazole rings is 2. The van der Waals surface area contributed by atoms with Gasteiger partial charge >= 0.3 is 0 Å². The summed E-state index contributed by atoms with van der Waals surface area (Å²) in [6.07, 6.45) is 5.36. The zero-order valence-electron chi connectivity index (χ0n) is 14.9. The lowest BCUT2D eigenvalue weighted by Gasteiger charge is -2.15. The van der Waals surface area contributed by atoms with E-state index in [9.17, 15) is 4.79 Å². The zero-order chi connectivity index (χ0) is 18.1. The molecular weight excluding hydrogens is 326 g/mol. The summed E-state index contributed by atoms with van der Waals surface area (Å²) in [6, 6.07) is 12.0. The van der Waals surface area contributed by atoms with E-state index in [0.29, 0.717) is 12.2 Å². The average Bonchev–Trinajstić information content (AvgIpc) is 3.23. The number of hydrogen-bond acceptors (Lipinski definition) is 3. The van der Waals surface area contributed by atoms with Crippen LogP contribution < -0.4 is 0 Å². The molecule has 0 fully saturated rings. The quantitative estimate of drug-likeness (QED) is 0.603. The lowest BCUT2D eigenvalue weighted by molar-refractivity contribution is 0.0788. The van der Waals surface area contributed by atoms with Gasteiger partial charge in [0, 0.05) is 32.4 Å². The van der Waals surface area contributed by atoms with Crippen LogP contribution in [-0.2, 0) is 6.42 Å². The van der Waals surface area contributed by atoms with Gasteiger partial charge in [0.1, 0.15) is 17.2 Å². The molecule has 4 rings (SSSR count). The predicted octanol–water partition coefficient (Wildman–Crippen LogP) is 3.22. The van der Waals surface area contributed by atoms with Gasteiger partial charge in [-0.2, -0.15) is 0 Å². The third-order valence-corrected chi connectivity index (χ3v) is 4.53. The van der Waals surface area contributed by atoms with Gasteiger partial charge in [-0.05, 0) is 43.2 Å². The van der Waals surface area contributed by atoms with Crippen LogP contribution in [0.4, 0.5) is 0 Å². The fourth-order valence-corrected chi connectivity index (χ4v) is 3.09. The van der Waals surface area contributed by atoms with E-state index in [1.54, 1.807) is 11.1 Å². The summed E-state index contributed by atoms with van der Waals surface area (Å²) in [5, 5.41) is 0. The van der Waals surface area contributed by atoms with E-state index in [4.69, 9.17) is 0 Å². The SMILES string of the molecule is Cc1ccn2cc(C(=O)N(C)CCCc3nc4ccccc4[nH]3)nc2c1. The van der Waals surface area contributed by atoms with Crippen molar-refractivity contribution < 1.29 is 4.79 Å². The first-order valence-corrected chi connectivity index (χ1v) is 8.74. The highest BCUT2D eigenvalue weighted by atomic mass is 16.2. The predicted molar refractivity (Wildman–Crippen MR) is 101 cm³/mol. The Kier molecular flexibility index (Phi) is 4.16. The van der Waals surface area contributed by atoms with Gasteiger partial charge in [0.25, 0.3) is 5.91 Å². The highest BCUT2D eigenvalue weighted by Gasteiger charge is 2.15. The molecule has 0 aliphatic rings. The number of hydrogen-bond donors (Lipinski definition) is 1. The Morgan fingerprint density at radius 3 is 2.92 bits per heavy atom. The molecule has 0 spiro atoms. The smallest absolute Gasteiger partial charge is 0.273 e. The van der Waals surface area contributed by atoms with Crippen molar-refractivity contribution in [2.45, 2.75) is 19.8 Å². The number of para-hydroxylation sites is 2. The number of nitrogens with zero attached hydrogens (tertiary/aromatic N) is 4. The van der Waals surface area contributed by atoms with Crippen LogP contribution in [0.15, 0.2) is 48.8 Å². The molecule has 0 saturated heterocycles. The lowest BCUT2D eigenvalue weighted by Crippen LogP contribution is -2.28. The number of nitrogens with one attached hydrogen (secondary N) is 1. The second kappa shape index (κ2) is 6.63. The molecule has 0 aliphatic carbocycles. The summed E-state index contributed by atoms with van der Waals surface area (Å²) in [6.45, 7) is 2.67. The molecule has 6 heteroatoms. The van der Waals surface area contributed by atoms with Crippen molar-refractivity contribution >= 4 is 22.6 Å². The monoisotopic (exact) mass is 347 g/mol. The van der Waals surface area contributed by atoms with E-state index < -0.39 is 0 Å². The number of rotatable bonds is 5. The molecular formula is C20H21N5O. The number of amides is 1. The van der Waals surface area contributed by atoms with Crippen molar-refractivity contribution in [2.75, 3.05) is 13.6 Å². The van der Waals surface area contributed by atoms with Crippen LogP contribution in [0.3, 0.4) is 0 Å². The van der Waals surface area contributed by atoms with Crippen molar-refractivity contribution in [3.63, 3.8) is 0 Å². The molecule has 1 N–H and O–H groups in total. The minimum absolute atomic E-state index is 0.0593. The lowest BCUT2D eigenvalue weighted by atomic mass is 10.2. The number of aromatic nitrogens is 4. The highest BCUT2D eigenvalue weighted by Crippen LogP contribution is 2.12. The number of H-pyrrole nitrogens is 1. The molecule has 26 heavy (non-hydrogen) atoms. The Hall–Kier alpha value is -3.15. The Balaban J connectivity index is 1.38. The van der Waals surface area contributed by atoms with E-state index >= 15 is 0 Å². The largest absolute Gasteiger partial charge is 0.342 e. The number of pyridine rings is 1. The minimum Gasteiger partial charge on any atom is -0.342 e. The summed E-state index contributed by atoms with van der Waals surface area (Å²) >= 11 is 0. The van der Waals surface area contributed by atoms with Gasteiger partial charge in [0.05, 0.1) is 11.0 Å². The van der Waals surface area contributed by atoms with Crippen LogP contribution in [0.25, 0.3) is 16.7 Å². The normalized spacial score (nSPS) is 11.3. The van der Waals surface area contributed by atoms with Gasteiger partial charge in [-0.25, -0.2) is 9.97 Å². The first kappa shape index (κ1) is 16.3. The average molecular weight is 347 g/mol. The molecule has 0 atom stereocenters. The molecule has 4 aromatic rings. The van der Waals surface area contributed by atoms with Crippen LogP contribution in [-0.4, -0.2) is 43.8 Å². The van der Waals surface area contributed by atoms with E-state index in [1.165, 1.54) is 0 Å². The molecule has 3 aromatic heterocycles. The maximum Gasteiger partial charge on any atom is 0.273 e. The zero-order valence-corrected chi connectivity index (χ0v) is 14.9. The second-order valence-corrected chi connectivity index (χ2v) is 6.63. The molecule has 3 heterocycles. The third kappa shape index (κ3) is 3.18. The standard InChI is InChI=1S/C20H21N5O/c1-14-9-11-25-13-17(23-19(25)12-14)20(26)24(2)10-5-8-18-21-15-6-3-4-7-16(15)22-18/h3-4,6-7,9,11-13H,5,8,10H2,1-2H3,(H,21,22). The van der Waals surface area contributed by atoms with Crippen LogP contribution in [0, 0.1) is 6.92 Å². The Labute approximate surface area is 151 Å². The van der Waals surface area contributed by atoms with Gasteiger partial charge in [-0.15, -0.1) is 0 Å².